The molecule has 3 atom stereocenters. The molecule has 1 aliphatic carbocycles. The van der Waals surface area contributed by atoms with E-state index in [9.17, 15) is 4.79 Å². The Balaban J connectivity index is 2.06. The summed E-state index contributed by atoms with van der Waals surface area (Å²) in [6.07, 6.45) is 2.50. The van der Waals surface area contributed by atoms with Gasteiger partial charge in [0.1, 0.15) is 0 Å². The van der Waals surface area contributed by atoms with Gasteiger partial charge in [-0.15, -0.1) is 0 Å². The molecular weight excluding hydrogens is 240 g/mol. The lowest BCUT2D eigenvalue weighted by Crippen LogP contribution is -2.64. The van der Waals surface area contributed by atoms with Crippen LogP contribution in [0.4, 0.5) is 0 Å². The van der Waals surface area contributed by atoms with E-state index in [0.29, 0.717) is 18.5 Å². The standard InChI is InChI=1S/C15H28N2O2/c1-6-19-12-8-11(15(12,4)5)17-13(7-10(2)3)16-9-14(17)18/h10-13,16H,6-9H2,1-5H3. The van der Waals surface area contributed by atoms with Crippen molar-refractivity contribution in [1.82, 2.24) is 10.2 Å². The van der Waals surface area contributed by atoms with Crippen LogP contribution in [0.25, 0.3) is 0 Å². The summed E-state index contributed by atoms with van der Waals surface area (Å²) in [6, 6.07) is 0.315. The normalized spacial score (nSPS) is 33.9. The molecule has 1 saturated heterocycles. The molecule has 1 saturated carbocycles. The Kier molecular flexibility index (Phi) is 4.21. The minimum atomic E-state index is 0.0624. The van der Waals surface area contributed by atoms with E-state index in [-0.39, 0.29) is 23.6 Å². The lowest BCUT2D eigenvalue weighted by molar-refractivity contribution is -0.168. The Morgan fingerprint density at radius 2 is 2.16 bits per heavy atom. The van der Waals surface area contributed by atoms with Crippen LogP contribution < -0.4 is 5.32 Å². The summed E-state index contributed by atoms with van der Waals surface area (Å²) in [4.78, 5) is 14.3. The topological polar surface area (TPSA) is 41.6 Å². The number of ether oxygens (including phenoxy) is 1. The number of nitrogens with zero attached hydrogens (tertiary/aromatic N) is 1. The van der Waals surface area contributed by atoms with Crippen molar-refractivity contribution in [1.29, 1.82) is 0 Å². The van der Waals surface area contributed by atoms with Crippen molar-refractivity contribution < 1.29 is 9.53 Å². The van der Waals surface area contributed by atoms with Crippen LogP contribution in [-0.4, -0.2) is 42.3 Å². The van der Waals surface area contributed by atoms with Gasteiger partial charge in [-0.3, -0.25) is 10.1 Å². The third-order valence-corrected chi connectivity index (χ3v) is 4.64. The van der Waals surface area contributed by atoms with Gasteiger partial charge in [0.15, 0.2) is 0 Å². The Morgan fingerprint density at radius 3 is 2.68 bits per heavy atom. The van der Waals surface area contributed by atoms with Crippen molar-refractivity contribution in [3.05, 3.63) is 0 Å². The van der Waals surface area contributed by atoms with Crippen molar-refractivity contribution in [2.24, 2.45) is 11.3 Å². The van der Waals surface area contributed by atoms with Gasteiger partial charge in [-0.1, -0.05) is 27.7 Å². The summed E-state index contributed by atoms with van der Waals surface area (Å²) < 4.78 is 5.78. The van der Waals surface area contributed by atoms with E-state index in [2.05, 4.69) is 37.9 Å². The Labute approximate surface area is 116 Å². The zero-order chi connectivity index (χ0) is 14.2. The van der Waals surface area contributed by atoms with Crippen LogP contribution in [0, 0.1) is 11.3 Å². The first-order valence-corrected chi connectivity index (χ1v) is 7.54. The average molecular weight is 268 g/mol. The van der Waals surface area contributed by atoms with E-state index in [1.54, 1.807) is 0 Å². The van der Waals surface area contributed by atoms with Crippen LogP contribution in [0.15, 0.2) is 0 Å². The first-order valence-electron chi connectivity index (χ1n) is 7.54. The van der Waals surface area contributed by atoms with Crippen LogP contribution in [0.5, 0.6) is 0 Å². The van der Waals surface area contributed by atoms with Crippen LogP contribution in [0.1, 0.15) is 47.5 Å². The van der Waals surface area contributed by atoms with Crippen LogP contribution >= 0.6 is 0 Å². The second-order valence-electron chi connectivity index (χ2n) is 6.84. The van der Waals surface area contributed by atoms with Gasteiger partial charge in [-0.25, -0.2) is 0 Å². The lowest BCUT2D eigenvalue weighted by Gasteiger charge is -2.56. The monoisotopic (exact) mass is 268 g/mol. The van der Waals surface area contributed by atoms with Crippen molar-refractivity contribution in [2.75, 3.05) is 13.2 Å². The second kappa shape index (κ2) is 5.41. The summed E-state index contributed by atoms with van der Waals surface area (Å²) in [5.74, 6) is 0.843. The summed E-state index contributed by atoms with van der Waals surface area (Å²) in [7, 11) is 0. The van der Waals surface area contributed by atoms with Crippen LogP contribution in [0.3, 0.4) is 0 Å². The average Bonchev–Trinajstić information content (AvgIpc) is 2.65. The van der Waals surface area contributed by atoms with Gasteiger partial charge in [-0.05, 0) is 25.7 Å². The van der Waals surface area contributed by atoms with Gasteiger partial charge < -0.3 is 9.64 Å². The summed E-state index contributed by atoms with van der Waals surface area (Å²) in [5.41, 5.74) is 0.0624. The van der Waals surface area contributed by atoms with Gasteiger partial charge in [-0.2, -0.15) is 0 Å². The molecule has 0 radical (unpaired) electrons. The summed E-state index contributed by atoms with van der Waals surface area (Å²) in [6.45, 7) is 12.1. The van der Waals surface area contributed by atoms with E-state index < -0.39 is 0 Å². The van der Waals surface area contributed by atoms with Crippen molar-refractivity contribution >= 4 is 5.91 Å². The second-order valence-corrected chi connectivity index (χ2v) is 6.84. The molecule has 0 aromatic heterocycles. The first-order chi connectivity index (χ1) is 8.87. The number of carbonyl (C=O) groups excluding carboxylic acids is 1. The molecule has 2 fully saturated rings. The van der Waals surface area contributed by atoms with Crippen molar-refractivity contribution in [3.63, 3.8) is 0 Å². The molecule has 2 rings (SSSR count). The minimum absolute atomic E-state index is 0.0624. The molecule has 3 unspecified atom stereocenters. The van der Waals surface area contributed by atoms with E-state index in [4.69, 9.17) is 4.74 Å². The van der Waals surface area contributed by atoms with Crippen LogP contribution in [0.2, 0.25) is 0 Å². The Bertz CT molecular complexity index is 341. The fraction of sp³-hybridized carbons (Fsp3) is 0.933. The molecule has 0 bridgehead atoms. The highest BCUT2D eigenvalue weighted by molar-refractivity contribution is 5.81. The molecule has 1 aliphatic heterocycles. The fourth-order valence-electron chi connectivity index (χ4n) is 3.42. The Hall–Kier alpha value is -0.610. The van der Waals surface area contributed by atoms with Gasteiger partial charge in [0, 0.05) is 18.1 Å². The maximum Gasteiger partial charge on any atom is 0.238 e. The highest BCUT2D eigenvalue weighted by Crippen LogP contribution is 2.47. The van der Waals surface area contributed by atoms with Crippen molar-refractivity contribution in [2.45, 2.75) is 65.8 Å². The molecule has 19 heavy (non-hydrogen) atoms. The number of carbonyl (C=O) groups is 1. The summed E-state index contributed by atoms with van der Waals surface area (Å²) in [5, 5.41) is 3.36. The summed E-state index contributed by atoms with van der Waals surface area (Å²) >= 11 is 0. The van der Waals surface area contributed by atoms with Gasteiger partial charge in [0.2, 0.25) is 5.91 Å². The molecule has 0 spiro atoms. The Morgan fingerprint density at radius 1 is 1.47 bits per heavy atom. The van der Waals surface area contributed by atoms with Crippen LogP contribution in [-0.2, 0) is 9.53 Å². The van der Waals surface area contributed by atoms with E-state index >= 15 is 0 Å². The number of amides is 1. The van der Waals surface area contributed by atoms with E-state index in [1.165, 1.54) is 0 Å². The highest BCUT2D eigenvalue weighted by atomic mass is 16.5. The predicted octanol–water partition coefficient (Wildman–Crippen LogP) is 1.99. The molecule has 0 aromatic rings. The molecule has 2 aliphatic rings. The highest BCUT2D eigenvalue weighted by Gasteiger charge is 2.55. The molecule has 1 heterocycles. The zero-order valence-electron chi connectivity index (χ0n) is 12.9. The van der Waals surface area contributed by atoms with E-state index in [0.717, 1.165) is 19.4 Å². The van der Waals surface area contributed by atoms with Gasteiger partial charge in [0.25, 0.3) is 0 Å². The third-order valence-electron chi connectivity index (χ3n) is 4.64. The predicted molar refractivity (Wildman–Crippen MR) is 75.7 cm³/mol. The molecule has 4 nitrogen and oxygen atoms in total. The van der Waals surface area contributed by atoms with Crippen molar-refractivity contribution in [3.8, 4) is 0 Å². The number of hydrogen-bond donors (Lipinski definition) is 1. The van der Waals surface area contributed by atoms with Gasteiger partial charge in [0.05, 0.1) is 18.8 Å². The molecule has 1 N–H and O–H groups in total. The first kappa shape index (κ1) is 14.8. The molecule has 110 valence electrons. The largest absolute Gasteiger partial charge is 0.378 e. The maximum atomic E-state index is 12.2. The number of hydrogen-bond acceptors (Lipinski definition) is 3. The lowest BCUT2D eigenvalue weighted by atomic mass is 9.63. The zero-order valence-corrected chi connectivity index (χ0v) is 12.9. The third kappa shape index (κ3) is 2.65. The molecular formula is C15H28N2O2. The fourth-order valence-corrected chi connectivity index (χ4v) is 3.42. The maximum absolute atomic E-state index is 12.2. The molecule has 4 heteroatoms. The number of rotatable bonds is 5. The quantitative estimate of drug-likeness (QED) is 0.829. The van der Waals surface area contributed by atoms with Gasteiger partial charge >= 0.3 is 0 Å². The SMILES string of the molecule is CCOC1CC(N2C(=O)CNC2CC(C)C)C1(C)C. The molecule has 0 aromatic carbocycles. The number of nitrogens with one attached hydrogen (secondary N) is 1. The molecule has 1 amide bonds. The smallest absolute Gasteiger partial charge is 0.238 e. The van der Waals surface area contributed by atoms with E-state index in [1.807, 2.05) is 6.92 Å². The minimum Gasteiger partial charge on any atom is -0.378 e.